The van der Waals surface area contributed by atoms with Crippen molar-refractivity contribution in [3.05, 3.63) is 39.4 Å². The first kappa shape index (κ1) is 23.6. The molecule has 0 spiro atoms. The van der Waals surface area contributed by atoms with Gasteiger partial charge in [-0.25, -0.2) is 0 Å². The number of nitrogens with zero attached hydrogens (tertiary/aromatic N) is 1. The number of aryl methyl sites for hydroxylation is 1. The van der Waals surface area contributed by atoms with Crippen molar-refractivity contribution in [3.63, 3.8) is 0 Å². The molecule has 0 aliphatic heterocycles. The summed E-state index contributed by atoms with van der Waals surface area (Å²) in [4.78, 5) is 33.7. The Labute approximate surface area is 166 Å². The van der Waals surface area contributed by atoms with Crippen LogP contribution in [0.3, 0.4) is 0 Å². The number of unbranched alkanes of at least 4 members (excludes halogenated alkanes) is 6. The van der Waals surface area contributed by atoms with E-state index in [1.807, 2.05) is 0 Å². The minimum atomic E-state index is -0.496. The lowest BCUT2D eigenvalue weighted by molar-refractivity contribution is -0.385. The number of nitro groups is 1. The van der Waals surface area contributed by atoms with Gasteiger partial charge in [0.15, 0.2) is 0 Å². The largest absolute Gasteiger partial charge is 0.466 e. The number of esters is 2. The molecule has 0 unspecified atom stereocenters. The van der Waals surface area contributed by atoms with Gasteiger partial charge in [-0.3, -0.25) is 19.7 Å². The second kappa shape index (κ2) is 13.7. The predicted molar refractivity (Wildman–Crippen MR) is 106 cm³/mol. The number of rotatable bonds is 14. The van der Waals surface area contributed by atoms with Crippen LogP contribution in [0.1, 0.15) is 75.8 Å². The molecule has 1 aromatic rings. The molecule has 7 nitrogen and oxygen atoms in total. The Bertz CT molecular complexity index is 644. The smallest absolute Gasteiger partial charge is 0.306 e. The van der Waals surface area contributed by atoms with Crippen LogP contribution in [0.5, 0.6) is 0 Å². The van der Waals surface area contributed by atoms with Crippen molar-refractivity contribution in [1.82, 2.24) is 0 Å². The molecule has 0 aliphatic rings. The summed E-state index contributed by atoms with van der Waals surface area (Å²) in [7, 11) is 0. The van der Waals surface area contributed by atoms with Crippen LogP contribution in [0.25, 0.3) is 0 Å². The van der Waals surface area contributed by atoms with E-state index in [4.69, 9.17) is 9.47 Å². The first-order valence-electron chi connectivity index (χ1n) is 9.99. The maximum atomic E-state index is 11.7. The highest BCUT2D eigenvalue weighted by molar-refractivity contribution is 5.77. The summed E-state index contributed by atoms with van der Waals surface area (Å²) in [5, 5.41) is 10.8. The summed E-state index contributed by atoms with van der Waals surface area (Å²) in [5.74, 6) is -0.891. The van der Waals surface area contributed by atoms with Crippen molar-refractivity contribution in [2.24, 2.45) is 0 Å². The van der Waals surface area contributed by atoms with Gasteiger partial charge in [-0.2, -0.15) is 0 Å². The highest BCUT2D eigenvalue weighted by atomic mass is 16.6. The van der Waals surface area contributed by atoms with Gasteiger partial charge in [0.05, 0.1) is 24.4 Å². The van der Waals surface area contributed by atoms with Gasteiger partial charge >= 0.3 is 11.9 Å². The van der Waals surface area contributed by atoms with Crippen molar-refractivity contribution >= 4 is 17.6 Å². The van der Waals surface area contributed by atoms with Gasteiger partial charge in [0, 0.05) is 11.6 Å². The van der Waals surface area contributed by atoms with Crippen molar-refractivity contribution in [2.75, 3.05) is 6.61 Å². The first-order chi connectivity index (χ1) is 13.4. The molecule has 0 saturated carbocycles. The summed E-state index contributed by atoms with van der Waals surface area (Å²) >= 11 is 0. The third-order valence-corrected chi connectivity index (χ3v) is 4.40. The van der Waals surface area contributed by atoms with Gasteiger partial charge < -0.3 is 9.47 Å². The molecule has 0 saturated heterocycles. The van der Waals surface area contributed by atoms with Crippen LogP contribution >= 0.6 is 0 Å². The topological polar surface area (TPSA) is 95.7 Å². The Hall–Kier alpha value is -2.44. The van der Waals surface area contributed by atoms with Crippen LogP contribution < -0.4 is 0 Å². The fraction of sp³-hybridized carbons (Fsp3) is 0.619. The molecule has 0 amide bonds. The zero-order valence-electron chi connectivity index (χ0n) is 16.9. The summed E-state index contributed by atoms with van der Waals surface area (Å²) in [6.07, 6.45) is 8.00. The van der Waals surface area contributed by atoms with E-state index in [1.165, 1.54) is 31.7 Å². The number of ether oxygens (including phenoxy) is 2. The molecule has 1 rings (SSSR count). The fourth-order valence-electron chi connectivity index (χ4n) is 2.77. The van der Waals surface area contributed by atoms with E-state index in [2.05, 4.69) is 6.92 Å². The molecule has 0 atom stereocenters. The zero-order valence-corrected chi connectivity index (χ0v) is 16.9. The van der Waals surface area contributed by atoms with E-state index in [9.17, 15) is 19.7 Å². The molecule has 0 heterocycles. The molecule has 1 aromatic carbocycles. The third-order valence-electron chi connectivity index (χ3n) is 4.40. The molecule has 0 aliphatic carbocycles. The number of hydrogen-bond donors (Lipinski definition) is 0. The molecular weight excluding hydrogens is 362 g/mol. The molecular formula is C21H31NO6. The van der Waals surface area contributed by atoms with E-state index in [0.29, 0.717) is 17.7 Å². The molecule has 7 heteroatoms. The van der Waals surface area contributed by atoms with Crippen LogP contribution in [-0.4, -0.2) is 23.5 Å². The van der Waals surface area contributed by atoms with Crippen LogP contribution in [-0.2, 0) is 25.7 Å². The van der Waals surface area contributed by atoms with Crippen LogP contribution in [0.4, 0.5) is 5.69 Å². The van der Waals surface area contributed by atoms with Crippen molar-refractivity contribution < 1.29 is 24.0 Å². The highest BCUT2D eigenvalue weighted by Gasteiger charge is 2.12. The lowest BCUT2D eigenvalue weighted by atomic mass is 10.1. The summed E-state index contributed by atoms with van der Waals surface area (Å²) < 4.78 is 10.2. The van der Waals surface area contributed by atoms with Crippen LogP contribution in [0.2, 0.25) is 0 Å². The normalized spacial score (nSPS) is 10.5. The number of benzene rings is 1. The molecule has 0 bridgehead atoms. The molecule has 0 N–H and O–H groups in total. The van der Waals surface area contributed by atoms with Gasteiger partial charge in [-0.15, -0.1) is 0 Å². The minimum Gasteiger partial charge on any atom is -0.466 e. The number of hydrogen-bond acceptors (Lipinski definition) is 6. The van der Waals surface area contributed by atoms with Crippen LogP contribution in [0.15, 0.2) is 18.2 Å². The second-order valence-corrected chi connectivity index (χ2v) is 6.88. The Morgan fingerprint density at radius 1 is 0.964 bits per heavy atom. The third kappa shape index (κ3) is 10.0. The number of nitro benzene ring substituents is 1. The van der Waals surface area contributed by atoms with Gasteiger partial charge in [-0.1, -0.05) is 45.4 Å². The average Bonchev–Trinajstić information content (AvgIpc) is 2.66. The standard InChI is InChI=1S/C21H31NO6/c1-3-4-5-6-7-8-9-14-27-20(23)12-13-21(24)28-16-18-10-11-19(22(25)26)17(2)15-18/h10-11,15H,3-9,12-14,16H2,1-2H3. The highest BCUT2D eigenvalue weighted by Crippen LogP contribution is 2.19. The average molecular weight is 393 g/mol. The molecule has 156 valence electrons. The Kier molecular flexibility index (Phi) is 11.5. The summed E-state index contributed by atoms with van der Waals surface area (Å²) in [6, 6.07) is 4.55. The summed E-state index contributed by atoms with van der Waals surface area (Å²) in [5.41, 5.74) is 1.20. The molecule has 28 heavy (non-hydrogen) atoms. The van der Waals surface area contributed by atoms with Crippen LogP contribution in [0, 0.1) is 17.0 Å². The molecule has 0 radical (unpaired) electrons. The quantitative estimate of drug-likeness (QED) is 0.191. The van der Waals surface area contributed by atoms with E-state index >= 15 is 0 Å². The van der Waals surface area contributed by atoms with E-state index in [0.717, 1.165) is 19.3 Å². The first-order valence-corrected chi connectivity index (χ1v) is 9.99. The second-order valence-electron chi connectivity index (χ2n) is 6.88. The summed E-state index contributed by atoms with van der Waals surface area (Å²) in [6.45, 7) is 4.23. The fourth-order valence-corrected chi connectivity index (χ4v) is 2.77. The Morgan fingerprint density at radius 3 is 2.18 bits per heavy atom. The molecule has 0 aromatic heterocycles. The van der Waals surface area contributed by atoms with E-state index in [-0.39, 0.29) is 25.1 Å². The SMILES string of the molecule is CCCCCCCCCOC(=O)CCC(=O)OCc1ccc([N+](=O)[O-])c(C)c1. The van der Waals surface area contributed by atoms with Gasteiger partial charge in [-0.05, 0) is 31.0 Å². The van der Waals surface area contributed by atoms with E-state index < -0.39 is 16.9 Å². The maximum Gasteiger partial charge on any atom is 0.306 e. The van der Waals surface area contributed by atoms with E-state index in [1.54, 1.807) is 19.1 Å². The number of carbonyl (C=O) groups excluding carboxylic acids is 2. The van der Waals surface area contributed by atoms with Crippen molar-refractivity contribution in [2.45, 2.75) is 78.2 Å². The van der Waals surface area contributed by atoms with Gasteiger partial charge in [0.1, 0.15) is 6.61 Å². The van der Waals surface area contributed by atoms with Crippen molar-refractivity contribution in [3.8, 4) is 0 Å². The lowest BCUT2D eigenvalue weighted by Crippen LogP contribution is -2.11. The maximum absolute atomic E-state index is 11.7. The Morgan fingerprint density at radius 2 is 1.57 bits per heavy atom. The van der Waals surface area contributed by atoms with Gasteiger partial charge in [0.25, 0.3) is 5.69 Å². The zero-order chi connectivity index (χ0) is 20.8. The monoisotopic (exact) mass is 393 g/mol. The lowest BCUT2D eigenvalue weighted by Gasteiger charge is -2.07. The predicted octanol–water partition coefficient (Wildman–Crippen LogP) is 5.02. The Balaban J connectivity index is 2.13. The van der Waals surface area contributed by atoms with Gasteiger partial charge in [0.2, 0.25) is 0 Å². The number of carbonyl (C=O) groups is 2. The molecule has 0 fully saturated rings. The minimum absolute atomic E-state index is 0.00533. The van der Waals surface area contributed by atoms with Crippen molar-refractivity contribution in [1.29, 1.82) is 0 Å².